The number of nitrogens with two attached hydrogens (primary N) is 1. The lowest BCUT2D eigenvalue weighted by Crippen LogP contribution is -2.52. The molecular formula is C12H23N3O2. The van der Waals surface area contributed by atoms with E-state index in [1.165, 1.54) is 0 Å². The molecule has 0 radical (unpaired) electrons. The molecular weight excluding hydrogens is 218 g/mol. The van der Waals surface area contributed by atoms with Crippen LogP contribution in [0.5, 0.6) is 0 Å². The highest BCUT2D eigenvalue weighted by atomic mass is 16.5. The Morgan fingerprint density at radius 3 is 2.76 bits per heavy atom. The number of nitrogens with one attached hydrogen (secondary N) is 1. The molecule has 0 aromatic rings. The average Bonchev–Trinajstić information content (AvgIpc) is 2.34. The van der Waals surface area contributed by atoms with Crippen LogP contribution in [-0.4, -0.2) is 43.3 Å². The third-order valence-corrected chi connectivity index (χ3v) is 3.98. The molecule has 2 aliphatic rings. The molecule has 3 unspecified atom stereocenters. The molecule has 0 spiro atoms. The molecule has 0 aromatic heterocycles. The van der Waals surface area contributed by atoms with E-state index < -0.39 is 0 Å². The van der Waals surface area contributed by atoms with E-state index in [0.717, 1.165) is 32.4 Å². The van der Waals surface area contributed by atoms with Crippen LogP contribution in [0.4, 0.5) is 0 Å². The fraction of sp³-hybridized carbons (Fsp3) is 0.917. The van der Waals surface area contributed by atoms with Crippen LogP contribution in [0.25, 0.3) is 0 Å². The summed E-state index contributed by atoms with van der Waals surface area (Å²) in [5.41, 5.74) is 9.02. The minimum absolute atomic E-state index is 0.0709. The van der Waals surface area contributed by atoms with E-state index in [1.54, 1.807) is 0 Å². The molecule has 1 amide bonds. The lowest BCUT2D eigenvalue weighted by molar-refractivity contribution is -0.134. The summed E-state index contributed by atoms with van der Waals surface area (Å²) in [7, 11) is 0. The summed E-state index contributed by atoms with van der Waals surface area (Å²) in [6, 6.07) is 0.171. The van der Waals surface area contributed by atoms with Crippen LogP contribution in [0, 0.1) is 11.8 Å². The van der Waals surface area contributed by atoms with Gasteiger partial charge >= 0.3 is 0 Å². The lowest BCUT2D eigenvalue weighted by atomic mass is 9.77. The maximum absolute atomic E-state index is 12.2. The number of hydrogen-bond donors (Lipinski definition) is 2. The first-order valence-corrected chi connectivity index (χ1v) is 6.57. The van der Waals surface area contributed by atoms with Crippen LogP contribution in [0.2, 0.25) is 0 Å². The van der Waals surface area contributed by atoms with Gasteiger partial charge in [-0.05, 0) is 18.8 Å². The van der Waals surface area contributed by atoms with Crippen molar-refractivity contribution in [3.05, 3.63) is 0 Å². The normalized spacial score (nSPS) is 35.5. The quantitative estimate of drug-likeness (QED) is 0.720. The summed E-state index contributed by atoms with van der Waals surface area (Å²) < 4.78 is 5.25. The molecule has 5 heteroatoms. The number of hydrogen-bond acceptors (Lipinski definition) is 4. The molecule has 1 saturated carbocycles. The maximum atomic E-state index is 12.2. The smallest absolute Gasteiger partial charge is 0.237 e. The first kappa shape index (κ1) is 12.8. The van der Waals surface area contributed by atoms with Crippen molar-refractivity contribution in [1.82, 2.24) is 10.4 Å². The van der Waals surface area contributed by atoms with Gasteiger partial charge in [-0.2, -0.15) is 0 Å². The van der Waals surface area contributed by atoms with Gasteiger partial charge in [-0.25, -0.2) is 5.01 Å². The first-order chi connectivity index (χ1) is 8.18. The van der Waals surface area contributed by atoms with E-state index in [-0.39, 0.29) is 23.8 Å². The molecule has 1 saturated heterocycles. The van der Waals surface area contributed by atoms with Gasteiger partial charge in [0.25, 0.3) is 0 Å². The topological polar surface area (TPSA) is 67.6 Å². The Morgan fingerprint density at radius 1 is 1.35 bits per heavy atom. The number of nitrogens with zero attached hydrogens (tertiary/aromatic N) is 1. The molecule has 1 aliphatic carbocycles. The fourth-order valence-corrected chi connectivity index (χ4v) is 2.68. The molecule has 1 heterocycles. The number of rotatable bonds is 2. The Bertz CT molecular complexity index is 266. The van der Waals surface area contributed by atoms with Gasteiger partial charge in [-0.3, -0.25) is 10.2 Å². The molecule has 98 valence electrons. The Morgan fingerprint density at radius 2 is 2.06 bits per heavy atom. The maximum Gasteiger partial charge on any atom is 0.237 e. The zero-order valence-electron chi connectivity index (χ0n) is 10.5. The minimum Gasteiger partial charge on any atom is -0.379 e. The second-order valence-corrected chi connectivity index (χ2v) is 5.14. The van der Waals surface area contributed by atoms with Gasteiger partial charge in [0.1, 0.15) is 0 Å². The van der Waals surface area contributed by atoms with Crippen LogP contribution in [0.3, 0.4) is 0 Å². The second kappa shape index (κ2) is 5.80. The van der Waals surface area contributed by atoms with Crippen LogP contribution in [0.15, 0.2) is 0 Å². The number of carbonyl (C=O) groups is 1. The Hall–Kier alpha value is -0.650. The number of ether oxygens (including phenoxy) is 1. The van der Waals surface area contributed by atoms with Crippen LogP contribution < -0.4 is 11.2 Å². The van der Waals surface area contributed by atoms with Crippen molar-refractivity contribution in [1.29, 1.82) is 0 Å². The van der Waals surface area contributed by atoms with Crippen LogP contribution in [0.1, 0.15) is 26.2 Å². The summed E-state index contributed by atoms with van der Waals surface area (Å²) in [6.45, 7) is 5.03. The standard InChI is InChI=1S/C12H23N3O2/c1-9-10(3-2-4-11(9)13)12(16)14-15-5-7-17-8-6-15/h9-11H,2-8,13H2,1H3,(H,14,16). The minimum atomic E-state index is 0.0709. The number of morpholine rings is 1. The molecule has 3 atom stereocenters. The van der Waals surface area contributed by atoms with Crippen LogP contribution in [-0.2, 0) is 9.53 Å². The van der Waals surface area contributed by atoms with Gasteiger partial charge in [0.15, 0.2) is 0 Å². The van der Waals surface area contributed by atoms with Gasteiger partial charge in [0.2, 0.25) is 5.91 Å². The Labute approximate surface area is 103 Å². The summed E-state index contributed by atoms with van der Waals surface area (Å²) in [6.07, 6.45) is 3.07. The lowest BCUT2D eigenvalue weighted by Gasteiger charge is -2.35. The Kier molecular flexibility index (Phi) is 4.36. The highest BCUT2D eigenvalue weighted by Gasteiger charge is 2.33. The van der Waals surface area contributed by atoms with Gasteiger partial charge in [0, 0.05) is 25.0 Å². The van der Waals surface area contributed by atoms with Gasteiger partial charge < -0.3 is 10.5 Å². The van der Waals surface area contributed by atoms with Crippen LogP contribution >= 0.6 is 0 Å². The number of carbonyl (C=O) groups excluding carboxylic acids is 1. The summed E-state index contributed by atoms with van der Waals surface area (Å²) in [5, 5.41) is 1.96. The van der Waals surface area contributed by atoms with E-state index in [4.69, 9.17) is 10.5 Å². The van der Waals surface area contributed by atoms with Gasteiger partial charge in [-0.15, -0.1) is 0 Å². The van der Waals surface area contributed by atoms with E-state index in [9.17, 15) is 4.79 Å². The first-order valence-electron chi connectivity index (χ1n) is 6.57. The molecule has 2 rings (SSSR count). The predicted octanol–water partition coefficient (Wildman–Crippen LogP) is 0.113. The van der Waals surface area contributed by atoms with Gasteiger partial charge in [0.05, 0.1) is 13.2 Å². The van der Waals surface area contributed by atoms with Crippen molar-refractivity contribution in [2.24, 2.45) is 17.6 Å². The van der Waals surface area contributed by atoms with Crippen molar-refractivity contribution < 1.29 is 9.53 Å². The van der Waals surface area contributed by atoms with Crippen molar-refractivity contribution in [3.63, 3.8) is 0 Å². The average molecular weight is 241 g/mol. The Balaban J connectivity index is 1.85. The van der Waals surface area contributed by atoms with Gasteiger partial charge in [-0.1, -0.05) is 13.3 Å². The second-order valence-electron chi connectivity index (χ2n) is 5.14. The zero-order valence-corrected chi connectivity index (χ0v) is 10.5. The van der Waals surface area contributed by atoms with Crippen molar-refractivity contribution in [2.75, 3.05) is 26.3 Å². The van der Waals surface area contributed by atoms with E-state index in [0.29, 0.717) is 13.2 Å². The summed E-state index contributed by atoms with van der Waals surface area (Å²) >= 11 is 0. The highest BCUT2D eigenvalue weighted by Crippen LogP contribution is 2.29. The molecule has 5 nitrogen and oxygen atoms in total. The SMILES string of the molecule is CC1C(N)CCCC1C(=O)NN1CCOCC1. The molecule has 0 bridgehead atoms. The van der Waals surface area contributed by atoms with Crippen molar-refractivity contribution in [3.8, 4) is 0 Å². The highest BCUT2D eigenvalue weighted by molar-refractivity contribution is 5.78. The van der Waals surface area contributed by atoms with E-state index >= 15 is 0 Å². The molecule has 1 aliphatic heterocycles. The third kappa shape index (κ3) is 3.18. The largest absolute Gasteiger partial charge is 0.379 e. The molecule has 2 fully saturated rings. The van der Waals surface area contributed by atoms with E-state index in [1.807, 2.05) is 5.01 Å². The fourth-order valence-electron chi connectivity index (χ4n) is 2.68. The summed E-state index contributed by atoms with van der Waals surface area (Å²) in [5.74, 6) is 0.487. The number of hydrazine groups is 1. The van der Waals surface area contributed by atoms with Crippen molar-refractivity contribution >= 4 is 5.91 Å². The van der Waals surface area contributed by atoms with Crippen molar-refractivity contribution in [2.45, 2.75) is 32.2 Å². The monoisotopic (exact) mass is 241 g/mol. The van der Waals surface area contributed by atoms with E-state index in [2.05, 4.69) is 12.3 Å². The molecule has 17 heavy (non-hydrogen) atoms. The summed E-state index contributed by atoms with van der Waals surface area (Å²) in [4.78, 5) is 12.2. The zero-order chi connectivity index (χ0) is 12.3. The predicted molar refractivity (Wildman–Crippen MR) is 65.0 cm³/mol. The number of amides is 1. The molecule has 3 N–H and O–H groups in total. The third-order valence-electron chi connectivity index (χ3n) is 3.98. The molecule has 0 aromatic carbocycles.